The second-order valence-corrected chi connectivity index (χ2v) is 6.90. The van der Waals surface area contributed by atoms with Gasteiger partial charge < -0.3 is 10.1 Å². The van der Waals surface area contributed by atoms with Crippen LogP contribution in [0.3, 0.4) is 0 Å². The topological polar surface area (TPSA) is 21.3 Å². The zero-order valence-electron chi connectivity index (χ0n) is 13.7. The van der Waals surface area contributed by atoms with Gasteiger partial charge in [0.2, 0.25) is 0 Å². The zero-order valence-corrected chi connectivity index (χ0v) is 13.7. The van der Waals surface area contributed by atoms with Crippen LogP contribution in [-0.4, -0.2) is 25.3 Å². The molecule has 1 aliphatic heterocycles. The minimum absolute atomic E-state index is 0.525. The molecule has 1 N–H and O–H groups in total. The van der Waals surface area contributed by atoms with Crippen molar-refractivity contribution in [2.75, 3.05) is 13.2 Å². The summed E-state index contributed by atoms with van der Waals surface area (Å²) in [4.78, 5) is 0. The van der Waals surface area contributed by atoms with E-state index in [-0.39, 0.29) is 0 Å². The Hall–Kier alpha value is -0.0800. The molecule has 4 unspecified atom stereocenters. The third-order valence-electron chi connectivity index (χ3n) is 5.46. The predicted octanol–water partition coefficient (Wildman–Crippen LogP) is 4.53. The summed E-state index contributed by atoms with van der Waals surface area (Å²) in [5, 5.41) is 3.87. The molecule has 20 heavy (non-hydrogen) atoms. The van der Waals surface area contributed by atoms with Gasteiger partial charge in [0.1, 0.15) is 0 Å². The van der Waals surface area contributed by atoms with Crippen molar-refractivity contribution in [1.29, 1.82) is 0 Å². The molecule has 118 valence electrons. The van der Waals surface area contributed by atoms with Gasteiger partial charge in [0.25, 0.3) is 0 Å². The maximum Gasteiger partial charge on any atom is 0.0590 e. The molecule has 2 fully saturated rings. The van der Waals surface area contributed by atoms with Crippen LogP contribution in [0.4, 0.5) is 0 Å². The second kappa shape index (κ2) is 9.04. The average molecular weight is 281 g/mol. The van der Waals surface area contributed by atoms with E-state index < -0.39 is 0 Å². The van der Waals surface area contributed by atoms with E-state index in [1.54, 1.807) is 0 Å². The number of nitrogens with one attached hydrogen (secondary N) is 1. The molecule has 1 saturated heterocycles. The highest BCUT2D eigenvalue weighted by atomic mass is 16.5. The summed E-state index contributed by atoms with van der Waals surface area (Å²) < 4.78 is 6.01. The number of hydrogen-bond donors (Lipinski definition) is 1. The van der Waals surface area contributed by atoms with Gasteiger partial charge in [-0.3, -0.25) is 0 Å². The molecular formula is C18H35NO. The molecule has 0 amide bonds. The Balaban J connectivity index is 1.93. The van der Waals surface area contributed by atoms with E-state index in [1.165, 1.54) is 70.8 Å². The Morgan fingerprint density at radius 2 is 1.85 bits per heavy atom. The Kier molecular flexibility index (Phi) is 7.37. The first-order chi connectivity index (χ1) is 9.85. The van der Waals surface area contributed by atoms with Crippen molar-refractivity contribution in [3.05, 3.63) is 0 Å². The third-order valence-corrected chi connectivity index (χ3v) is 5.46. The number of rotatable bonds is 7. The van der Waals surface area contributed by atoms with Crippen LogP contribution < -0.4 is 5.32 Å². The number of hydrogen-bond acceptors (Lipinski definition) is 2. The van der Waals surface area contributed by atoms with Crippen molar-refractivity contribution in [1.82, 2.24) is 5.32 Å². The van der Waals surface area contributed by atoms with Crippen LogP contribution in [-0.2, 0) is 4.74 Å². The van der Waals surface area contributed by atoms with Crippen LogP contribution in [0, 0.1) is 11.8 Å². The first-order valence-corrected chi connectivity index (χ1v) is 9.20. The lowest BCUT2D eigenvalue weighted by atomic mass is 9.72. The first-order valence-electron chi connectivity index (χ1n) is 9.20. The molecule has 0 aromatic rings. The van der Waals surface area contributed by atoms with Crippen molar-refractivity contribution >= 4 is 0 Å². The maximum atomic E-state index is 6.01. The molecule has 2 aliphatic rings. The van der Waals surface area contributed by atoms with Gasteiger partial charge in [-0.05, 0) is 56.9 Å². The second-order valence-electron chi connectivity index (χ2n) is 6.90. The molecule has 0 spiro atoms. The molecule has 2 heteroatoms. The smallest absolute Gasteiger partial charge is 0.0590 e. The summed E-state index contributed by atoms with van der Waals surface area (Å²) >= 11 is 0. The third kappa shape index (κ3) is 4.73. The summed E-state index contributed by atoms with van der Waals surface area (Å²) in [5.41, 5.74) is 0. The van der Waals surface area contributed by atoms with Crippen LogP contribution in [0.25, 0.3) is 0 Å². The summed E-state index contributed by atoms with van der Waals surface area (Å²) in [7, 11) is 0. The lowest BCUT2D eigenvalue weighted by Gasteiger charge is -2.39. The fourth-order valence-corrected chi connectivity index (χ4v) is 4.29. The van der Waals surface area contributed by atoms with Crippen molar-refractivity contribution < 1.29 is 4.74 Å². The van der Waals surface area contributed by atoms with Crippen molar-refractivity contribution in [3.8, 4) is 0 Å². The standard InChI is InChI=1S/C18H35NO/c1-3-12-19-18(14-16-10-7-8-13-20-16)17-11-6-5-9-15(17)4-2/h15-19H,3-14H2,1-2H3. The lowest BCUT2D eigenvalue weighted by molar-refractivity contribution is -0.00394. The predicted molar refractivity (Wildman–Crippen MR) is 86.0 cm³/mol. The van der Waals surface area contributed by atoms with E-state index in [2.05, 4.69) is 19.2 Å². The van der Waals surface area contributed by atoms with Crippen molar-refractivity contribution in [2.45, 2.75) is 90.2 Å². The Bertz CT molecular complexity index is 250. The summed E-state index contributed by atoms with van der Waals surface area (Å²) in [6.07, 6.45) is 14.1. The molecule has 1 aliphatic carbocycles. The van der Waals surface area contributed by atoms with Gasteiger partial charge in [-0.1, -0.05) is 39.5 Å². The normalized spacial score (nSPS) is 33.0. The molecular weight excluding hydrogens is 246 g/mol. The minimum atomic E-state index is 0.525. The van der Waals surface area contributed by atoms with Gasteiger partial charge >= 0.3 is 0 Å². The van der Waals surface area contributed by atoms with Crippen molar-refractivity contribution in [2.24, 2.45) is 11.8 Å². The molecule has 0 bridgehead atoms. The van der Waals surface area contributed by atoms with E-state index in [1.807, 2.05) is 0 Å². The summed E-state index contributed by atoms with van der Waals surface area (Å²) in [6.45, 7) is 6.83. The lowest BCUT2D eigenvalue weighted by Crippen LogP contribution is -2.44. The number of ether oxygens (including phenoxy) is 1. The van der Waals surface area contributed by atoms with Gasteiger partial charge in [0.05, 0.1) is 6.10 Å². The minimum Gasteiger partial charge on any atom is -0.378 e. The van der Waals surface area contributed by atoms with E-state index in [0.29, 0.717) is 12.1 Å². The van der Waals surface area contributed by atoms with Crippen LogP contribution >= 0.6 is 0 Å². The quantitative estimate of drug-likeness (QED) is 0.740. The van der Waals surface area contributed by atoms with Crippen LogP contribution in [0.2, 0.25) is 0 Å². The van der Waals surface area contributed by atoms with Gasteiger partial charge in [0, 0.05) is 12.6 Å². The van der Waals surface area contributed by atoms with Crippen LogP contribution in [0.5, 0.6) is 0 Å². The molecule has 2 rings (SSSR count). The Morgan fingerprint density at radius 1 is 1.05 bits per heavy atom. The largest absolute Gasteiger partial charge is 0.378 e. The van der Waals surface area contributed by atoms with E-state index >= 15 is 0 Å². The molecule has 0 aromatic heterocycles. The van der Waals surface area contributed by atoms with Gasteiger partial charge in [-0.15, -0.1) is 0 Å². The van der Waals surface area contributed by atoms with Crippen molar-refractivity contribution in [3.63, 3.8) is 0 Å². The van der Waals surface area contributed by atoms with E-state index in [9.17, 15) is 0 Å². The molecule has 0 radical (unpaired) electrons. The van der Waals surface area contributed by atoms with Gasteiger partial charge in [-0.25, -0.2) is 0 Å². The Morgan fingerprint density at radius 3 is 2.55 bits per heavy atom. The van der Waals surface area contributed by atoms with E-state index in [4.69, 9.17) is 4.74 Å². The van der Waals surface area contributed by atoms with Gasteiger partial charge in [-0.2, -0.15) is 0 Å². The highest BCUT2D eigenvalue weighted by Crippen LogP contribution is 2.36. The molecule has 1 saturated carbocycles. The van der Waals surface area contributed by atoms with E-state index in [0.717, 1.165) is 18.4 Å². The fraction of sp³-hybridized carbons (Fsp3) is 1.00. The zero-order chi connectivity index (χ0) is 14.2. The van der Waals surface area contributed by atoms with Crippen LogP contribution in [0.15, 0.2) is 0 Å². The fourth-order valence-electron chi connectivity index (χ4n) is 4.29. The average Bonchev–Trinajstić information content (AvgIpc) is 2.52. The summed E-state index contributed by atoms with van der Waals surface area (Å²) in [6, 6.07) is 0.697. The monoisotopic (exact) mass is 281 g/mol. The molecule has 2 nitrogen and oxygen atoms in total. The molecule has 0 aromatic carbocycles. The van der Waals surface area contributed by atoms with Crippen LogP contribution in [0.1, 0.15) is 78.1 Å². The first kappa shape index (κ1) is 16.3. The molecule has 4 atom stereocenters. The summed E-state index contributed by atoms with van der Waals surface area (Å²) in [5.74, 6) is 1.84. The Labute approximate surface area is 126 Å². The SMILES string of the molecule is CCCNC(CC1CCCCO1)C1CCCCC1CC. The highest BCUT2D eigenvalue weighted by molar-refractivity contribution is 4.87. The molecule has 1 heterocycles. The van der Waals surface area contributed by atoms with Gasteiger partial charge in [0.15, 0.2) is 0 Å². The maximum absolute atomic E-state index is 6.01. The highest BCUT2D eigenvalue weighted by Gasteiger charge is 2.32.